The molecule has 0 spiro atoms. The average molecular weight is 700 g/mol. The minimum atomic E-state index is -1.75. The molecule has 1 aliphatic carbocycles. The fourth-order valence-electron chi connectivity index (χ4n) is 4.71. The minimum Gasteiger partial charge on any atom is -0.463 e. The molecule has 0 bridgehead atoms. The normalized spacial score (nSPS) is 19.1. The molecule has 2 fully saturated rings. The molecule has 0 aromatic heterocycles. The van der Waals surface area contributed by atoms with Gasteiger partial charge in [-0.05, 0) is 75.6 Å². The number of primary amides is 1. The quantitative estimate of drug-likeness (QED) is 0.0881. The van der Waals surface area contributed by atoms with E-state index in [9.17, 15) is 23.4 Å². The van der Waals surface area contributed by atoms with Crippen LogP contribution in [0.25, 0.3) is 0 Å². The summed E-state index contributed by atoms with van der Waals surface area (Å²) in [5.41, 5.74) is 4.80. The van der Waals surface area contributed by atoms with Crippen molar-refractivity contribution in [3.63, 3.8) is 0 Å². The maximum absolute atomic E-state index is 12.9. The van der Waals surface area contributed by atoms with E-state index < -0.39 is 41.1 Å². The predicted molar refractivity (Wildman–Crippen MR) is 172 cm³/mol. The molecular weight excluding hydrogens is 652 g/mol. The Bertz CT molecular complexity index is 1130. The number of hydrogen-bond acceptors (Lipinski definition) is 8. The Morgan fingerprint density at radius 2 is 1.77 bits per heavy atom. The average Bonchev–Trinajstić information content (AvgIpc) is 3.73. The Morgan fingerprint density at radius 3 is 2.39 bits per heavy atom. The zero-order valence-electron chi connectivity index (χ0n) is 26.0. The van der Waals surface area contributed by atoms with Gasteiger partial charge in [0, 0.05) is 23.9 Å². The van der Waals surface area contributed by atoms with Crippen LogP contribution in [0.15, 0.2) is 45.8 Å². The van der Waals surface area contributed by atoms with Gasteiger partial charge in [-0.25, -0.2) is 13.8 Å². The lowest BCUT2D eigenvalue weighted by Crippen LogP contribution is -2.43. The molecule has 12 heteroatoms. The summed E-state index contributed by atoms with van der Waals surface area (Å²) in [7, 11) is 1.14. The molecular formula is C32H47BrN2O8S. The van der Waals surface area contributed by atoms with Crippen molar-refractivity contribution in [3.05, 3.63) is 40.9 Å². The van der Waals surface area contributed by atoms with Crippen molar-refractivity contribution in [2.45, 2.75) is 114 Å². The van der Waals surface area contributed by atoms with E-state index in [2.05, 4.69) is 39.7 Å². The van der Waals surface area contributed by atoms with Crippen molar-refractivity contribution in [2.24, 2.45) is 11.7 Å². The molecule has 44 heavy (non-hydrogen) atoms. The number of ether oxygens (including phenoxy) is 2. The first-order valence-electron chi connectivity index (χ1n) is 15.4. The van der Waals surface area contributed by atoms with Crippen molar-refractivity contribution in [3.8, 4) is 0 Å². The van der Waals surface area contributed by atoms with Crippen LogP contribution in [0.4, 0.5) is 4.79 Å². The van der Waals surface area contributed by atoms with Gasteiger partial charge in [0.2, 0.25) is 5.91 Å². The summed E-state index contributed by atoms with van der Waals surface area (Å²) in [6.07, 6.45) is 14.2. The van der Waals surface area contributed by atoms with Crippen LogP contribution in [0.3, 0.4) is 0 Å². The fraction of sp³-hybridized carbons (Fsp3) is 0.625. The van der Waals surface area contributed by atoms with Gasteiger partial charge in [0.25, 0.3) is 5.78 Å². The number of likely N-dealkylation sites (tertiary alicyclic amines) is 1. The first-order valence-corrected chi connectivity index (χ1v) is 17.3. The van der Waals surface area contributed by atoms with Gasteiger partial charge < -0.3 is 20.1 Å². The van der Waals surface area contributed by atoms with Gasteiger partial charge in [0.1, 0.15) is 12.1 Å². The third-order valence-corrected chi connectivity index (χ3v) is 8.96. The molecule has 2 amide bonds. The highest BCUT2D eigenvalue weighted by Crippen LogP contribution is 2.30. The van der Waals surface area contributed by atoms with Gasteiger partial charge in [-0.3, -0.25) is 13.8 Å². The Labute approximate surface area is 272 Å². The Balaban J connectivity index is 0.000000580. The van der Waals surface area contributed by atoms with Gasteiger partial charge in [-0.2, -0.15) is 0 Å². The van der Waals surface area contributed by atoms with Crippen molar-refractivity contribution in [2.75, 3.05) is 13.7 Å². The lowest BCUT2D eigenvalue weighted by Gasteiger charge is -2.22. The Morgan fingerprint density at radius 1 is 1.09 bits per heavy atom. The predicted octanol–water partition coefficient (Wildman–Crippen LogP) is 6.17. The molecule has 2 aliphatic rings. The number of carbonyl (C=O) groups excluding carboxylic acids is 4. The van der Waals surface area contributed by atoms with Crippen LogP contribution >= 0.6 is 15.9 Å². The maximum atomic E-state index is 12.9. The van der Waals surface area contributed by atoms with Crippen LogP contribution in [0, 0.1) is 5.92 Å². The highest BCUT2D eigenvalue weighted by atomic mass is 79.9. The molecule has 246 valence electrons. The maximum Gasteiger partial charge on any atom is 0.404 e. The van der Waals surface area contributed by atoms with Crippen molar-refractivity contribution < 1.29 is 37.0 Å². The third-order valence-electron chi connectivity index (χ3n) is 7.33. The molecule has 1 aliphatic heterocycles. The number of methoxy groups -OCH3 is 1. The highest BCUT2D eigenvalue weighted by molar-refractivity contribution is 9.10. The monoisotopic (exact) mass is 698 g/mol. The van der Waals surface area contributed by atoms with E-state index in [4.69, 9.17) is 14.7 Å². The van der Waals surface area contributed by atoms with Crippen molar-refractivity contribution >= 4 is 50.8 Å². The summed E-state index contributed by atoms with van der Waals surface area (Å²) in [4.78, 5) is 49.4. The zero-order chi connectivity index (χ0) is 32.5. The second kappa shape index (κ2) is 20.5. The molecule has 4 unspecified atom stereocenters. The molecule has 0 radical (unpaired) electrons. The standard InChI is InChI=1S/C25H32BrNO6S.C7H15NO2/c1-32-25(30)24(29)22-16-20(33-34(31)21-14-12-19(26)13-15-21)17-27(22)23(28)9-7-5-3-2-4-6-8-18-10-11-18;1-3-4-5-6(2)10-7(8)9/h6,8,12-15,18,20,22H,2-5,7,9-11,16-17H2,1H3;6H,3-5H2,1-2H3,(H2,8,9)/b8-6-;. The van der Waals surface area contributed by atoms with Crippen LogP contribution in [-0.4, -0.2) is 64.8 Å². The number of unbranched alkanes of at least 4 members (excludes halogenated alkanes) is 5. The van der Waals surface area contributed by atoms with Gasteiger partial charge in [-0.15, -0.1) is 0 Å². The number of nitrogens with two attached hydrogens (primary N) is 1. The van der Waals surface area contributed by atoms with Crippen LogP contribution in [-0.2, 0) is 39.1 Å². The molecule has 2 N–H and O–H groups in total. The smallest absolute Gasteiger partial charge is 0.404 e. The number of benzene rings is 1. The molecule has 1 aromatic rings. The lowest BCUT2D eigenvalue weighted by molar-refractivity contribution is -0.155. The number of hydrogen-bond donors (Lipinski definition) is 1. The third kappa shape index (κ3) is 14.5. The Hall–Kier alpha value is -2.57. The van der Waals surface area contributed by atoms with Crippen molar-refractivity contribution in [1.82, 2.24) is 4.90 Å². The molecule has 3 rings (SSSR count). The van der Waals surface area contributed by atoms with Gasteiger partial charge in [0.05, 0.1) is 18.1 Å². The summed E-state index contributed by atoms with van der Waals surface area (Å²) >= 11 is 1.58. The molecule has 1 aromatic carbocycles. The summed E-state index contributed by atoms with van der Waals surface area (Å²) in [6.45, 7) is 4.05. The number of rotatable bonds is 17. The number of esters is 1. The topological polar surface area (TPSA) is 142 Å². The molecule has 10 nitrogen and oxygen atoms in total. The number of Topliss-reactive ketones (excluding diaryl/α,β-unsaturated/α-hetero) is 1. The highest BCUT2D eigenvalue weighted by Gasteiger charge is 2.43. The van der Waals surface area contributed by atoms with Gasteiger partial charge in [-0.1, -0.05) is 60.7 Å². The first-order chi connectivity index (χ1) is 21.0. The first kappa shape index (κ1) is 37.6. The van der Waals surface area contributed by atoms with Crippen LogP contribution < -0.4 is 5.73 Å². The van der Waals surface area contributed by atoms with Crippen molar-refractivity contribution in [1.29, 1.82) is 0 Å². The van der Waals surface area contributed by atoms with E-state index in [0.717, 1.165) is 68.9 Å². The van der Waals surface area contributed by atoms with E-state index in [0.29, 0.717) is 11.3 Å². The van der Waals surface area contributed by atoms with E-state index in [1.54, 1.807) is 24.3 Å². The molecule has 1 saturated heterocycles. The second-order valence-electron chi connectivity index (χ2n) is 11.2. The fourth-order valence-corrected chi connectivity index (χ4v) is 5.83. The van der Waals surface area contributed by atoms with Crippen LogP contribution in [0.1, 0.15) is 90.9 Å². The SMILES string of the molecule is CCCCC(C)OC(N)=O.COC(=O)C(=O)C1CC(OS(=O)c2ccc(Br)cc2)CN1C(=O)CCCCCC/C=C\C1CC1. The van der Waals surface area contributed by atoms with Gasteiger partial charge >= 0.3 is 12.1 Å². The van der Waals surface area contributed by atoms with E-state index in [1.165, 1.54) is 17.7 Å². The molecule has 4 atom stereocenters. The number of halogens is 1. The number of nitrogens with zero attached hydrogens (tertiary/aromatic N) is 1. The molecule has 1 saturated carbocycles. The van der Waals surface area contributed by atoms with Crippen LogP contribution in [0.2, 0.25) is 0 Å². The largest absolute Gasteiger partial charge is 0.463 e. The van der Waals surface area contributed by atoms with E-state index >= 15 is 0 Å². The summed E-state index contributed by atoms with van der Waals surface area (Å²) in [5, 5.41) is 0. The Kier molecular flexibility index (Phi) is 17.5. The molecule has 1 heterocycles. The van der Waals surface area contributed by atoms with E-state index in [1.807, 2.05) is 6.92 Å². The summed E-state index contributed by atoms with van der Waals surface area (Å²) in [6, 6.07) is 5.91. The zero-order valence-corrected chi connectivity index (χ0v) is 28.4. The summed E-state index contributed by atoms with van der Waals surface area (Å²) < 4.78 is 28.4. The minimum absolute atomic E-state index is 0.0301. The van der Waals surface area contributed by atoms with Crippen LogP contribution in [0.5, 0.6) is 0 Å². The lowest BCUT2D eigenvalue weighted by atomic mass is 10.1. The second-order valence-corrected chi connectivity index (χ2v) is 13.2. The number of allylic oxidation sites excluding steroid dienone is 2. The summed E-state index contributed by atoms with van der Waals surface area (Å²) in [5.74, 6) is -1.16. The number of carbonyl (C=O) groups is 4. The number of ketones is 1. The number of amides is 2. The van der Waals surface area contributed by atoms with Gasteiger partial charge in [0.15, 0.2) is 11.1 Å². The van der Waals surface area contributed by atoms with E-state index in [-0.39, 0.29) is 25.0 Å².